The van der Waals surface area contributed by atoms with Crippen molar-refractivity contribution in [3.05, 3.63) is 0 Å². The van der Waals surface area contributed by atoms with Crippen LogP contribution in [0.25, 0.3) is 0 Å². The van der Waals surface area contributed by atoms with E-state index in [1.165, 1.54) is 0 Å². The van der Waals surface area contributed by atoms with Crippen LogP contribution in [0.5, 0.6) is 0 Å². The van der Waals surface area contributed by atoms with Gasteiger partial charge in [0, 0.05) is 11.9 Å². The Morgan fingerprint density at radius 2 is 2.00 bits per heavy atom. The van der Waals surface area contributed by atoms with Crippen molar-refractivity contribution < 1.29 is 9.90 Å². The molecule has 0 aromatic rings. The Labute approximate surface area is 74.0 Å². The maximum atomic E-state index is 10.8. The first-order valence-corrected chi connectivity index (χ1v) is 4.75. The number of aliphatic carboxylic acids is 1. The van der Waals surface area contributed by atoms with Crippen molar-refractivity contribution in [3.8, 4) is 0 Å². The van der Waals surface area contributed by atoms with Crippen LogP contribution >= 0.6 is 0 Å². The summed E-state index contributed by atoms with van der Waals surface area (Å²) in [6.45, 7) is 6.21. The molecule has 0 radical (unpaired) electrons. The Balaban J connectivity index is 2.70. The average Bonchev–Trinajstić information content (AvgIpc) is 2.30. The van der Waals surface area contributed by atoms with Crippen LogP contribution < -0.4 is 5.11 Å². The fourth-order valence-corrected chi connectivity index (χ4v) is 2.39. The van der Waals surface area contributed by atoms with E-state index >= 15 is 0 Å². The summed E-state index contributed by atoms with van der Waals surface area (Å²) in [7, 11) is 0. The normalized spacial score (nSPS) is 35.8. The summed E-state index contributed by atoms with van der Waals surface area (Å²) in [4.78, 5) is 10.8. The number of carboxylic acid groups (broad SMARTS) is 1. The number of carbonyl (C=O) groups is 1. The number of carbonyl (C=O) groups excluding carboxylic acids is 1. The van der Waals surface area contributed by atoms with Gasteiger partial charge in [-0.3, -0.25) is 0 Å². The van der Waals surface area contributed by atoms with Gasteiger partial charge in [-0.1, -0.05) is 20.8 Å². The van der Waals surface area contributed by atoms with Crippen LogP contribution in [0.15, 0.2) is 0 Å². The molecule has 12 heavy (non-hydrogen) atoms. The standard InChI is InChI=1S/C10H18O2/c1-6(2)8-5-4-7(3)9(8)10(11)12/h6-9H,4-5H2,1-3H3,(H,11,12)/p-1/t7-,8-,9-/m1/s1. The van der Waals surface area contributed by atoms with Crippen LogP contribution in [0, 0.1) is 23.7 Å². The molecule has 0 heterocycles. The fourth-order valence-electron chi connectivity index (χ4n) is 2.39. The highest BCUT2D eigenvalue weighted by atomic mass is 16.4. The molecule has 0 bridgehead atoms. The van der Waals surface area contributed by atoms with Crippen LogP contribution in [0.1, 0.15) is 33.6 Å². The Bertz CT molecular complexity index is 175. The first-order valence-electron chi connectivity index (χ1n) is 4.75. The summed E-state index contributed by atoms with van der Waals surface area (Å²) in [5.41, 5.74) is 0. The van der Waals surface area contributed by atoms with Gasteiger partial charge in [0.2, 0.25) is 0 Å². The molecule has 1 aliphatic carbocycles. The van der Waals surface area contributed by atoms with Crippen molar-refractivity contribution in [1.29, 1.82) is 0 Å². The molecule has 0 amide bonds. The quantitative estimate of drug-likeness (QED) is 0.620. The van der Waals surface area contributed by atoms with Gasteiger partial charge >= 0.3 is 0 Å². The molecular weight excluding hydrogens is 152 g/mol. The molecule has 1 saturated carbocycles. The molecule has 70 valence electrons. The van der Waals surface area contributed by atoms with E-state index in [0.717, 1.165) is 12.8 Å². The second kappa shape index (κ2) is 3.46. The smallest absolute Gasteiger partial charge is 0.0450 e. The predicted octanol–water partition coefficient (Wildman–Crippen LogP) is 1.05. The molecule has 1 aliphatic rings. The second-order valence-electron chi connectivity index (χ2n) is 4.31. The van der Waals surface area contributed by atoms with E-state index in [9.17, 15) is 9.90 Å². The largest absolute Gasteiger partial charge is 0.550 e. The van der Waals surface area contributed by atoms with Crippen molar-refractivity contribution in [3.63, 3.8) is 0 Å². The summed E-state index contributed by atoms with van der Waals surface area (Å²) in [5, 5.41) is 10.8. The number of hydrogen-bond acceptors (Lipinski definition) is 2. The van der Waals surface area contributed by atoms with Crippen LogP contribution in [-0.4, -0.2) is 5.97 Å². The summed E-state index contributed by atoms with van der Waals surface area (Å²) in [6, 6.07) is 0. The highest BCUT2D eigenvalue weighted by Crippen LogP contribution is 2.40. The van der Waals surface area contributed by atoms with Crippen LogP contribution in [-0.2, 0) is 4.79 Å². The van der Waals surface area contributed by atoms with E-state index < -0.39 is 5.97 Å². The molecule has 3 atom stereocenters. The number of rotatable bonds is 2. The van der Waals surface area contributed by atoms with E-state index in [-0.39, 0.29) is 5.92 Å². The Kier molecular flexibility index (Phi) is 2.76. The lowest BCUT2D eigenvalue weighted by molar-refractivity contribution is -0.314. The Morgan fingerprint density at radius 3 is 2.33 bits per heavy atom. The van der Waals surface area contributed by atoms with Gasteiger partial charge in [-0.05, 0) is 30.6 Å². The van der Waals surface area contributed by atoms with Crippen molar-refractivity contribution in [2.24, 2.45) is 23.7 Å². The van der Waals surface area contributed by atoms with Gasteiger partial charge < -0.3 is 9.90 Å². The van der Waals surface area contributed by atoms with Crippen molar-refractivity contribution in [2.45, 2.75) is 33.6 Å². The van der Waals surface area contributed by atoms with E-state index in [0.29, 0.717) is 17.8 Å². The minimum atomic E-state index is -0.848. The topological polar surface area (TPSA) is 40.1 Å². The van der Waals surface area contributed by atoms with Gasteiger partial charge in [0.1, 0.15) is 0 Å². The molecular formula is C10H17O2-. The minimum Gasteiger partial charge on any atom is -0.550 e. The van der Waals surface area contributed by atoms with Crippen molar-refractivity contribution >= 4 is 5.97 Å². The third-order valence-electron chi connectivity index (χ3n) is 3.16. The average molecular weight is 169 g/mol. The van der Waals surface area contributed by atoms with Gasteiger partial charge in [0.05, 0.1) is 0 Å². The molecule has 0 aromatic heterocycles. The Morgan fingerprint density at radius 1 is 1.42 bits per heavy atom. The summed E-state index contributed by atoms with van der Waals surface area (Å²) in [5.74, 6) is 0.0638. The summed E-state index contributed by atoms with van der Waals surface area (Å²) >= 11 is 0. The zero-order chi connectivity index (χ0) is 9.30. The number of hydrogen-bond donors (Lipinski definition) is 0. The zero-order valence-corrected chi connectivity index (χ0v) is 8.04. The maximum Gasteiger partial charge on any atom is 0.0450 e. The monoisotopic (exact) mass is 169 g/mol. The predicted molar refractivity (Wildman–Crippen MR) is 45.2 cm³/mol. The molecule has 0 N–H and O–H groups in total. The van der Waals surface area contributed by atoms with Gasteiger partial charge in [0.15, 0.2) is 0 Å². The van der Waals surface area contributed by atoms with Gasteiger partial charge in [-0.25, -0.2) is 0 Å². The van der Waals surface area contributed by atoms with Crippen molar-refractivity contribution in [2.75, 3.05) is 0 Å². The first-order chi connectivity index (χ1) is 5.54. The molecule has 0 aromatic carbocycles. The molecule has 0 unspecified atom stereocenters. The minimum absolute atomic E-state index is 0.204. The van der Waals surface area contributed by atoms with Gasteiger partial charge in [0.25, 0.3) is 0 Å². The third-order valence-corrected chi connectivity index (χ3v) is 3.16. The van der Waals surface area contributed by atoms with Gasteiger partial charge in [-0.15, -0.1) is 0 Å². The lowest BCUT2D eigenvalue weighted by Crippen LogP contribution is -2.37. The first kappa shape index (κ1) is 9.56. The SMILES string of the molecule is CC(C)[C@H]1CC[C@@H](C)[C@H]1C(=O)[O-]. The molecule has 0 saturated heterocycles. The number of carboxylic acids is 1. The third kappa shape index (κ3) is 1.62. The molecule has 1 rings (SSSR count). The maximum absolute atomic E-state index is 10.8. The van der Waals surface area contributed by atoms with Crippen LogP contribution in [0.2, 0.25) is 0 Å². The molecule has 0 spiro atoms. The van der Waals surface area contributed by atoms with Crippen LogP contribution in [0.4, 0.5) is 0 Å². The molecule has 1 fully saturated rings. The van der Waals surface area contributed by atoms with E-state index in [2.05, 4.69) is 13.8 Å². The van der Waals surface area contributed by atoms with E-state index in [4.69, 9.17) is 0 Å². The highest BCUT2D eigenvalue weighted by Gasteiger charge is 2.35. The van der Waals surface area contributed by atoms with Gasteiger partial charge in [-0.2, -0.15) is 0 Å². The van der Waals surface area contributed by atoms with Crippen molar-refractivity contribution in [1.82, 2.24) is 0 Å². The summed E-state index contributed by atoms with van der Waals surface area (Å²) in [6.07, 6.45) is 2.10. The fraction of sp³-hybridized carbons (Fsp3) is 0.900. The highest BCUT2D eigenvalue weighted by molar-refractivity contribution is 5.68. The second-order valence-corrected chi connectivity index (χ2v) is 4.31. The molecule has 2 nitrogen and oxygen atoms in total. The lowest BCUT2D eigenvalue weighted by Gasteiger charge is -2.26. The lowest BCUT2D eigenvalue weighted by atomic mass is 9.83. The van der Waals surface area contributed by atoms with E-state index in [1.54, 1.807) is 0 Å². The van der Waals surface area contributed by atoms with Crippen LogP contribution in [0.3, 0.4) is 0 Å². The molecule has 0 aliphatic heterocycles. The Hall–Kier alpha value is -0.530. The molecule has 2 heteroatoms. The summed E-state index contributed by atoms with van der Waals surface area (Å²) < 4.78 is 0. The zero-order valence-electron chi connectivity index (χ0n) is 8.04. The van der Waals surface area contributed by atoms with E-state index in [1.807, 2.05) is 6.92 Å².